The van der Waals surface area contributed by atoms with Gasteiger partial charge in [0.05, 0.1) is 0 Å². The molecule has 5 heteroatoms. The number of hydrogen-bond acceptors (Lipinski definition) is 5. The molecule has 0 saturated carbocycles. The molecule has 0 bridgehead atoms. The third kappa shape index (κ3) is 2.67. The number of cyclic esters (lactones) is 1. The molecule has 2 aromatic rings. The monoisotopic (exact) mass is 286 g/mol. The van der Waals surface area contributed by atoms with E-state index in [4.69, 9.17) is 13.9 Å². The highest BCUT2D eigenvalue weighted by atomic mass is 16.6. The predicted octanol–water partition coefficient (Wildman–Crippen LogP) is 2.35. The molecule has 1 aliphatic heterocycles. The Morgan fingerprint density at radius 3 is 2.86 bits per heavy atom. The lowest BCUT2D eigenvalue weighted by molar-refractivity contribution is -0.139. The Kier molecular flexibility index (Phi) is 3.25. The van der Waals surface area contributed by atoms with Crippen molar-refractivity contribution in [3.8, 4) is 5.75 Å². The number of fused-ring (bicyclic) bond motifs is 1. The average Bonchev–Trinajstić information content (AvgIpc) is 2.76. The molecule has 1 saturated heterocycles. The first-order chi connectivity index (χ1) is 10.0. The van der Waals surface area contributed by atoms with Crippen LogP contribution in [0, 0.1) is 6.92 Å². The van der Waals surface area contributed by atoms with E-state index in [1.807, 2.05) is 6.92 Å². The lowest BCUT2D eigenvalue weighted by atomic mass is 10.1. The summed E-state index contributed by atoms with van der Waals surface area (Å²) in [6.45, 7) is 5.74. The van der Waals surface area contributed by atoms with E-state index in [0.29, 0.717) is 23.3 Å². The molecule has 1 unspecified atom stereocenters. The Hall–Kier alpha value is -2.56. The molecule has 0 spiro atoms. The highest BCUT2D eigenvalue weighted by Gasteiger charge is 2.27. The predicted molar refractivity (Wildman–Crippen MR) is 76.4 cm³/mol. The first kappa shape index (κ1) is 13.4. The standard InChI is InChI=1S/C16H14O5/c1-9-6-15(17)21-14-4-3-11(7-13(9)14)19-8-12-5-10(2)16(18)20-12/h3-4,6-7,12H,2,5,8H2,1H3. The van der Waals surface area contributed by atoms with Crippen molar-refractivity contribution in [2.24, 2.45) is 0 Å². The minimum absolute atomic E-state index is 0.270. The topological polar surface area (TPSA) is 65.7 Å². The summed E-state index contributed by atoms with van der Waals surface area (Å²) in [5.74, 6) is 0.271. The van der Waals surface area contributed by atoms with Crippen molar-refractivity contribution in [3.05, 3.63) is 52.4 Å². The van der Waals surface area contributed by atoms with Crippen molar-refractivity contribution in [1.82, 2.24) is 0 Å². The molecular formula is C16H14O5. The van der Waals surface area contributed by atoms with Crippen LogP contribution >= 0.6 is 0 Å². The molecule has 1 aromatic carbocycles. The summed E-state index contributed by atoms with van der Waals surface area (Å²) in [5, 5.41) is 0.819. The van der Waals surface area contributed by atoms with Crippen LogP contribution in [-0.2, 0) is 9.53 Å². The van der Waals surface area contributed by atoms with Gasteiger partial charge < -0.3 is 13.9 Å². The van der Waals surface area contributed by atoms with Gasteiger partial charge in [-0.1, -0.05) is 6.58 Å². The zero-order chi connectivity index (χ0) is 15.0. The molecular weight excluding hydrogens is 272 g/mol. The summed E-state index contributed by atoms with van der Waals surface area (Å²) in [6.07, 6.45) is 0.191. The second-order valence-electron chi connectivity index (χ2n) is 5.05. The molecule has 21 heavy (non-hydrogen) atoms. The zero-order valence-electron chi connectivity index (χ0n) is 11.5. The lowest BCUT2D eigenvalue weighted by Gasteiger charge is -2.11. The number of benzene rings is 1. The van der Waals surface area contributed by atoms with Crippen LogP contribution in [0.1, 0.15) is 12.0 Å². The van der Waals surface area contributed by atoms with Crippen molar-refractivity contribution in [1.29, 1.82) is 0 Å². The Labute approximate surface area is 120 Å². The molecule has 0 aliphatic carbocycles. The largest absolute Gasteiger partial charge is 0.490 e. The molecule has 0 N–H and O–H groups in total. The van der Waals surface area contributed by atoms with Gasteiger partial charge in [0.2, 0.25) is 0 Å². The minimum Gasteiger partial charge on any atom is -0.490 e. The smallest absolute Gasteiger partial charge is 0.336 e. The van der Waals surface area contributed by atoms with Crippen LogP contribution in [0.15, 0.2) is 45.6 Å². The van der Waals surface area contributed by atoms with Crippen molar-refractivity contribution >= 4 is 16.9 Å². The fraction of sp³-hybridized carbons (Fsp3) is 0.250. The Morgan fingerprint density at radius 2 is 2.14 bits per heavy atom. The van der Waals surface area contributed by atoms with Crippen molar-refractivity contribution in [2.75, 3.05) is 6.61 Å². The normalized spacial score (nSPS) is 18.0. The van der Waals surface area contributed by atoms with Crippen LogP contribution in [0.5, 0.6) is 5.75 Å². The van der Waals surface area contributed by atoms with Gasteiger partial charge in [0.15, 0.2) is 0 Å². The second kappa shape index (κ2) is 5.09. The van der Waals surface area contributed by atoms with E-state index in [9.17, 15) is 9.59 Å². The Morgan fingerprint density at radius 1 is 1.33 bits per heavy atom. The van der Waals surface area contributed by atoms with E-state index in [2.05, 4.69) is 6.58 Å². The highest BCUT2D eigenvalue weighted by molar-refractivity contribution is 5.89. The molecule has 5 nitrogen and oxygen atoms in total. The summed E-state index contributed by atoms with van der Waals surface area (Å²) in [5.41, 5.74) is 1.45. The van der Waals surface area contributed by atoms with Gasteiger partial charge in [-0.05, 0) is 30.7 Å². The third-order valence-electron chi connectivity index (χ3n) is 3.39. The third-order valence-corrected chi connectivity index (χ3v) is 3.39. The van der Waals surface area contributed by atoms with Crippen LogP contribution in [0.2, 0.25) is 0 Å². The number of ether oxygens (including phenoxy) is 2. The van der Waals surface area contributed by atoms with Crippen LogP contribution in [0.25, 0.3) is 11.0 Å². The van der Waals surface area contributed by atoms with E-state index >= 15 is 0 Å². The van der Waals surface area contributed by atoms with Crippen LogP contribution < -0.4 is 10.4 Å². The first-order valence-corrected chi connectivity index (χ1v) is 6.59. The highest BCUT2D eigenvalue weighted by Crippen LogP contribution is 2.24. The van der Waals surface area contributed by atoms with Gasteiger partial charge in [0.1, 0.15) is 24.0 Å². The zero-order valence-corrected chi connectivity index (χ0v) is 11.5. The molecule has 2 heterocycles. The molecule has 1 aromatic heterocycles. The fourth-order valence-corrected chi connectivity index (χ4v) is 2.31. The van der Waals surface area contributed by atoms with Crippen LogP contribution in [0.3, 0.4) is 0 Å². The maximum absolute atomic E-state index is 11.3. The Balaban J connectivity index is 1.77. The number of hydrogen-bond donors (Lipinski definition) is 0. The fourth-order valence-electron chi connectivity index (χ4n) is 2.31. The molecule has 0 amide bonds. The molecule has 0 radical (unpaired) electrons. The van der Waals surface area contributed by atoms with E-state index in [-0.39, 0.29) is 24.3 Å². The van der Waals surface area contributed by atoms with Gasteiger partial charge in [0.25, 0.3) is 0 Å². The minimum atomic E-state index is -0.370. The van der Waals surface area contributed by atoms with Crippen molar-refractivity contribution in [2.45, 2.75) is 19.4 Å². The molecule has 1 atom stereocenters. The van der Waals surface area contributed by atoms with Gasteiger partial charge >= 0.3 is 11.6 Å². The molecule has 1 aliphatic rings. The number of rotatable bonds is 3. The van der Waals surface area contributed by atoms with Crippen LogP contribution in [0.4, 0.5) is 0 Å². The first-order valence-electron chi connectivity index (χ1n) is 6.59. The molecule has 108 valence electrons. The molecule has 3 rings (SSSR count). The SMILES string of the molecule is C=C1CC(COc2ccc3oc(=O)cc(C)c3c2)OC1=O. The number of aryl methyl sites for hydroxylation is 1. The summed E-state index contributed by atoms with van der Waals surface area (Å²) in [4.78, 5) is 22.5. The van der Waals surface area contributed by atoms with E-state index < -0.39 is 0 Å². The summed E-state index contributed by atoms with van der Waals surface area (Å²) in [6, 6.07) is 6.66. The Bertz CT molecular complexity index is 771. The van der Waals surface area contributed by atoms with Gasteiger partial charge in [-0.3, -0.25) is 0 Å². The summed E-state index contributed by atoms with van der Waals surface area (Å²) < 4.78 is 15.9. The lowest BCUT2D eigenvalue weighted by Crippen LogP contribution is -2.17. The van der Waals surface area contributed by atoms with E-state index in [1.54, 1.807) is 18.2 Å². The maximum Gasteiger partial charge on any atom is 0.336 e. The van der Waals surface area contributed by atoms with Gasteiger partial charge in [0, 0.05) is 23.4 Å². The number of carbonyl (C=O) groups is 1. The number of carbonyl (C=O) groups excluding carboxylic acids is 1. The van der Waals surface area contributed by atoms with Gasteiger partial charge in [-0.2, -0.15) is 0 Å². The molecule has 1 fully saturated rings. The maximum atomic E-state index is 11.3. The van der Waals surface area contributed by atoms with Crippen molar-refractivity contribution in [3.63, 3.8) is 0 Å². The average molecular weight is 286 g/mol. The summed E-state index contributed by atoms with van der Waals surface area (Å²) >= 11 is 0. The second-order valence-corrected chi connectivity index (χ2v) is 5.05. The van der Waals surface area contributed by atoms with Gasteiger partial charge in [-0.15, -0.1) is 0 Å². The van der Waals surface area contributed by atoms with E-state index in [1.165, 1.54) is 6.07 Å². The van der Waals surface area contributed by atoms with E-state index in [0.717, 1.165) is 10.9 Å². The summed E-state index contributed by atoms with van der Waals surface area (Å²) in [7, 11) is 0. The van der Waals surface area contributed by atoms with Crippen molar-refractivity contribution < 1.29 is 18.7 Å². The quantitative estimate of drug-likeness (QED) is 0.492. The van der Waals surface area contributed by atoms with Crippen LogP contribution in [-0.4, -0.2) is 18.7 Å². The number of esters is 1. The van der Waals surface area contributed by atoms with Gasteiger partial charge in [-0.25, -0.2) is 9.59 Å².